The molecule has 52 heavy (non-hydrogen) atoms. The van der Waals surface area contributed by atoms with Crippen LogP contribution in [0.3, 0.4) is 0 Å². The maximum atomic E-state index is 13.3. The zero-order valence-electron chi connectivity index (χ0n) is 33.1. The molecule has 2 unspecified atom stereocenters. The van der Waals surface area contributed by atoms with Crippen LogP contribution in [0.25, 0.3) is 16.8 Å². The van der Waals surface area contributed by atoms with Crippen molar-refractivity contribution in [1.29, 1.82) is 0 Å². The molecule has 0 radical (unpaired) electrons. The van der Waals surface area contributed by atoms with E-state index in [0.29, 0.717) is 38.5 Å². The number of ether oxygens (including phenoxy) is 4. The van der Waals surface area contributed by atoms with Gasteiger partial charge in [-0.15, -0.1) is 0 Å². The summed E-state index contributed by atoms with van der Waals surface area (Å²) in [5.41, 5.74) is 3.11. The summed E-state index contributed by atoms with van der Waals surface area (Å²) in [4.78, 5) is 27.5. The topological polar surface area (TPSA) is 104 Å². The van der Waals surface area contributed by atoms with E-state index in [9.17, 15) is 4.79 Å². The molecule has 2 saturated heterocycles. The highest BCUT2D eigenvalue weighted by Crippen LogP contribution is 2.44. The van der Waals surface area contributed by atoms with Crippen LogP contribution in [-0.4, -0.2) is 97.7 Å². The molecule has 0 spiro atoms. The molecular weight excluding hydrogens is 689 g/mol. The van der Waals surface area contributed by atoms with Crippen molar-refractivity contribution in [3.63, 3.8) is 0 Å². The fraction of sp³-hybridized carbons (Fsp3) is 0.692. The number of piperidine rings is 1. The third-order valence-corrected chi connectivity index (χ3v) is 13.7. The van der Waals surface area contributed by atoms with Gasteiger partial charge in [-0.1, -0.05) is 39.3 Å². The van der Waals surface area contributed by atoms with E-state index in [1.807, 2.05) is 48.6 Å². The monoisotopic (exact) mass is 750 g/mol. The molecule has 13 heteroatoms. The normalized spacial score (nSPS) is 20.8. The first kappa shape index (κ1) is 38.7. The molecule has 1 saturated carbocycles. The minimum Gasteiger partial charge on any atom is -0.477 e. The minimum absolute atomic E-state index is 0.128. The Morgan fingerprint density at radius 1 is 0.904 bits per heavy atom. The van der Waals surface area contributed by atoms with Crippen molar-refractivity contribution in [2.75, 3.05) is 38.2 Å². The molecule has 3 aliphatic rings. The van der Waals surface area contributed by atoms with E-state index in [1.54, 1.807) is 0 Å². The first-order valence-corrected chi connectivity index (χ1v) is 26.8. The lowest BCUT2D eigenvalue weighted by atomic mass is 9.88. The largest absolute Gasteiger partial charge is 0.477 e. The fourth-order valence-electron chi connectivity index (χ4n) is 7.02. The second-order valence-corrected chi connectivity index (χ2v) is 29.9. The Kier molecular flexibility index (Phi) is 11.7. The zero-order valence-corrected chi connectivity index (χ0v) is 35.1. The van der Waals surface area contributed by atoms with Gasteiger partial charge in [0.05, 0.1) is 12.8 Å². The summed E-state index contributed by atoms with van der Waals surface area (Å²) in [7, 11) is -2.53. The van der Waals surface area contributed by atoms with Crippen LogP contribution < -0.4 is 9.64 Å². The van der Waals surface area contributed by atoms with Gasteiger partial charge < -0.3 is 28.7 Å². The molecule has 5 heterocycles. The number of nitrogens with zero attached hydrogens (tertiary/aromatic N) is 6. The number of carbonyl (C=O) groups excluding carboxylic acids is 1. The molecule has 0 aromatic carbocycles. The molecule has 2 bridgehead atoms. The van der Waals surface area contributed by atoms with E-state index in [2.05, 4.69) is 61.3 Å². The lowest BCUT2D eigenvalue weighted by Crippen LogP contribution is -2.48. The standard InChI is InChI=1S/C39H62N6O5Si2/c1-39(2,3)50-38(46)44-31-13-14-32(44)21-30(20-31)34-22-36(43(26-47-16-18-51(4,5)6)27-48-17-19-52(7,8)9)45-37(42-34)33(24-41-45)29-12-15-35(40-23-29)49-25-28-10-11-28/h12,15,22-24,28,30-32H,10-11,13-14,16-21,25-27H2,1-9H3. The van der Waals surface area contributed by atoms with Gasteiger partial charge in [0.1, 0.15) is 24.9 Å². The predicted molar refractivity (Wildman–Crippen MR) is 212 cm³/mol. The number of pyridine rings is 1. The van der Waals surface area contributed by atoms with Crippen molar-refractivity contribution in [3.8, 4) is 17.0 Å². The summed E-state index contributed by atoms with van der Waals surface area (Å²) >= 11 is 0. The van der Waals surface area contributed by atoms with Crippen molar-refractivity contribution < 1.29 is 23.7 Å². The van der Waals surface area contributed by atoms with Crippen LogP contribution in [0, 0.1) is 5.92 Å². The first-order chi connectivity index (χ1) is 24.5. The predicted octanol–water partition coefficient (Wildman–Crippen LogP) is 8.66. The maximum Gasteiger partial charge on any atom is 0.410 e. The molecule has 2 atom stereocenters. The Hall–Kier alpha value is -3.01. The Balaban J connectivity index is 1.33. The second-order valence-electron chi connectivity index (χ2n) is 18.6. The molecular formula is C39H62N6O5Si2. The Labute approximate surface area is 312 Å². The summed E-state index contributed by atoms with van der Waals surface area (Å²) in [6, 6.07) is 8.62. The summed E-state index contributed by atoms with van der Waals surface area (Å²) in [6.45, 7) is 23.0. The first-order valence-electron chi connectivity index (χ1n) is 19.4. The van der Waals surface area contributed by atoms with E-state index < -0.39 is 21.7 Å². The van der Waals surface area contributed by atoms with E-state index in [4.69, 9.17) is 29.0 Å². The minimum atomic E-state index is -1.27. The van der Waals surface area contributed by atoms with Crippen LogP contribution in [-0.2, 0) is 14.2 Å². The quantitative estimate of drug-likeness (QED) is 0.0809. The second kappa shape index (κ2) is 15.8. The number of rotatable bonds is 16. The molecule has 2 aliphatic heterocycles. The number of anilines is 1. The average Bonchev–Trinajstić information content (AvgIpc) is 3.73. The summed E-state index contributed by atoms with van der Waals surface area (Å²) < 4.78 is 26.5. The number of aromatic nitrogens is 4. The van der Waals surface area contributed by atoms with Gasteiger partial charge in [0.25, 0.3) is 0 Å². The molecule has 3 fully saturated rings. The lowest BCUT2D eigenvalue weighted by molar-refractivity contribution is 0.00568. The van der Waals surface area contributed by atoms with Crippen molar-refractivity contribution in [3.05, 3.63) is 36.3 Å². The molecule has 6 rings (SSSR count). The highest BCUT2D eigenvalue weighted by Gasteiger charge is 2.45. The van der Waals surface area contributed by atoms with Crippen LogP contribution >= 0.6 is 0 Å². The number of fused-ring (bicyclic) bond motifs is 3. The molecule has 1 aliphatic carbocycles. The molecule has 0 N–H and O–H groups in total. The van der Waals surface area contributed by atoms with E-state index in [-0.39, 0.29) is 24.1 Å². The van der Waals surface area contributed by atoms with Crippen LogP contribution in [0.2, 0.25) is 51.4 Å². The number of carbonyl (C=O) groups is 1. The summed E-state index contributed by atoms with van der Waals surface area (Å²) in [5, 5.41) is 4.93. The third kappa shape index (κ3) is 10.4. The number of hydrogen-bond donors (Lipinski definition) is 0. The van der Waals surface area contributed by atoms with Gasteiger partial charge in [0.2, 0.25) is 5.88 Å². The van der Waals surface area contributed by atoms with Gasteiger partial charge in [-0.25, -0.2) is 14.8 Å². The number of amides is 1. The van der Waals surface area contributed by atoms with Gasteiger partial charge in [-0.05, 0) is 83.4 Å². The van der Waals surface area contributed by atoms with Gasteiger partial charge in [0, 0.05) is 82.5 Å². The highest BCUT2D eigenvalue weighted by molar-refractivity contribution is 6.76. The van der Waals surface area contributed by atoms with Crippen LogP contribution in [0.4, 0.5) is 10.6 Å². The van der Waals surface area contributed by atoms with Crippen LogP contribution in [0.1, 0.15) is 70.9 Å². The lowest BCUT2D eigenvalue weighted by Gasteiger charge is -2.39. The van der Waals surface area contributed by atoms with Gasteiger partial charge in [-0.2, -0.15) is 9.61 Å². The molecule has 286 valence electrons. The van der Waals surface area contributed by atoms with Gasteiger partial charge in [0.15, 0.2) is 5.65 Å². The maximum absolute atomic E-state index is 13.3. The smallest absolute Gasteiger partial charge is 0.410 e. The number of hydrogen-bond acceptors (Lipinski definition) is 9. The molecule has 3 aromatic heterocycles. The van der Waals surface area contributed by atoms with Crippen LogP contribution in [0.15, 0.2) is 30.6 Å². The summed E-state index contributed by atoms with van der Waals surface area (Å²) in [5.74, 6) is 2.38. The molecule has 1 amide bonds. The van der Waals surface area contributed by atoms with E-state index >= 15 is 0 Å². The third-order valence-electron chi connectivity index (χ3n) is 10.3. The van der Waals surface area contributed by atoms with E-state index in [1.165, 1.54) is 12.8 Å². The SMILES string of the molecule is CC(C)(C)OC(=O)N1C2CCC1CC(c1cc(N(COCC[Si](C)(C)C)COCC[Si](C)(C)C)n3ncc(-c4ccc(OCC5CC5)nc4)c3n1)C2. The molecule has 3 aromatic rings. The summed E-state index contributed by atoms with van der Waals surface area (Å²) in [6.07, 6.45) is 9.68. The van der Waals surface area contributed by atoms with Crippen molar-refractivity contribution in [2.45, 2.75) is 134 Å². The van der Waals surface area contributed by atoms with Crippen molar-refractivity contribution in [2.24, 2.45) is 5.92 Å². The van der Waals surface area contributed by atoms with Crippen molar-refractivity contribution >= 4 is 33.7 Å². The average molecular weight is 751 g/mol. The van der Waals surface area contributed by atoms with Crippen LogP contribution in [0.5, 0.6) is 5.88 Å². The zero-order chi connectivity index (χ0) is 37.3. The fourth-order valence-corrected chi connectivity index (χ4v) is 8.54. The highest BCUT2D eigenvalue weighted by atomic mass is 28.3. The van der Waals surface area contributed by atoms with E-state index in [0.717, 1.165) is 72.7 Å². The Morgan fingerprint density at radius 2 is 1.54 bits per heavy atom. The Morgan fingerprint density at radius 3 is 2.08 bits per heavy atom. The van der Waals surface area contributed by atoms with Gasteiger partial charge >= 0.3 is 6.09 Å². The van der Waals surface area contributed by atoms with Gasteiger partial charge in [-0.3, -0.25) is 0 Å². The Bertz CT molecular complexity index is 1620. The molecule has 11 nitrogen and oxygen atoms in total. The van der Waals surface area contributed by atoms with Crippen molar-refractivity contribution in [1.82, 2.24) is 24.5 Å².